The molecule has 74 valence electrons. The van der Waals surface area contributed by atoms with Crippen LogP contribution >= 0.6 is 0 Å². The van der Waals surface area contributed by atoms with Crippen LogP contribution in [0.25, 0.3) is 0 Å². The van der Waals surface area contributed by atoms with E-state index in [1.807, 2.05) is 0 Å². The monoisotopic (exact) mass is 192 g/mol. The van der Waals surface area contributed by atoms with Crippen molar-refractivity contribution in [2.24, 2.45) is 11.8 Å². The molecule has 3 atom stereocenters. The van der Waals surface area contributed by atoms with Crippen molar-refractivity contribution in [1.82, 2.24) is 15.5 Å². The molecule has 0 aromatic carbocycles. The van der Waals surface area contributed by atoms with Gasteiger partial charge in [0.05, 0.1) is 12.1 Å². The van der Waals surface area contributed by atoms with Gasteiger partial charge in [0.1, 0.15) is 5.82 Å². The van der Waals surface area contributed by atoms with Crippen molar-refractivity contribution in [2.75, 3.05) is 11.9 Å². The van der Waals surface area contributed by atoms with Gasteiger partial charge in [0.2, 0.25) is 5.91 Å². The van der Waals surface area contributed by atoms with E-state index in [1.165, 1.54) is 0 Å². The van der Waals surface area contributed by atoms with Crippen LogP contribution in [0.4, 0.5) is 5.82 Å². The number of H-pyrrole nitrogens is 1. The molecule has 14 heavy (non-hydrogen) atoms. The molecular weight excluding hydrogens is 180 g/mol. The number of nitrogens with zero attached hydrogens (tertiary/aromatic N) is 1. The molecule has 1 saturated carbocycles. The van der Waals surface area contributed by atoms with Crippen molar-refractivity contribution in [2.45, 2.75) is 12.5 Å². The first-order valence-corrected chi connectivity index (χ1v) is 4.88. The molecule has 0 radical (unpaired) electrons. The van der Waals surface area contributed by atoms with Crippen LogP contribution in [-0.4, -0.2) is 28.7 Å². The maximum Gasteiger partial charge on any atom is 0.230 e. The number of fused-ring (bicyclic) bond motifs is 1. The molecule has 3 fully saturated rings. The maximum atomic E-state index is 11.8. The Kier molecular flexibility index (Phi) is 1.61. The Labute approximate surface area is 81.3 Å². The summed E-state index contributed by atoms with van der Waals surface area (Å²) in [5.74, 6) is 1.50. The standard InChI is InChI=1S/C9H12N4O/c14-9(12-7-1-2-11-13-7)8-5-3-6(8)10-4-5/h1-2,5-6,8,10H,3-4H2,(H2,11,12,13,14). The zero-order chi connectivity index (χ0) is 9.54. The van der Waals surface area contributed by atoms with E-state index >= 15 is 0 Å². The molecule has 3 heterocycles. The van der Waals surface area contributed by atoms with Gasteiger partial charge < -0.3 is 10.6 Å². The number of aromatic amines is 1. The Morgan fingerprint density at radius 2 is 2.57 bits per heavy atom. The second kappa shape index (κ2) is 2.81. The molecule has 1 aliphatic carbocycles. The molecule has 1 amide bonds. The number of amides is 1. The fourth-order valence-corrected chi connectivity index (χ4v) is 2.41. The SMILES string of the molecule is O=C(Nc1ccn[nH]1)C1C2CNC1C2. The Morgan fingerprint density at radius 1 is 1.64 bits per heavy atom. The first-order chi connectivity index (χ1) is 6.84. The van der Waals surface area contributed by atoms with E-state index in [2.05, 4.69) is 20.8 Å². The fraction of sp³-hybridized carbons (Fsp3) is 0.556. The molecule has 5 nitrogen and oxygen atoms in total. The molecule has 3 aliphatic rings. The number of nitrogens with one attached hydrogen (secondary N) is 3. The van der Waals surface area contributed by atoms with Crippen LogP contribution in [0.3, 0.4) is 0 Å². The van der Waals surface area contributed by atoms with E-state index in [0.717, 1.165) is 13.0 Å². The summed E-state index contributed by atoms with van der Waals surface area (Å²) in [5, 5.41) is 12.6. The highest BCUT2D eigenvalue weighted by Gasteiger charge is 2.50. The number of aromatic nitrogens is 2. The summed E-state index contributed by atoms with van der Waals surface area (Å²) < 4.78 is 0. The van der Waals surface area contributed by atoms with E-state index in [-0.39, 0.29) is 11.8 Å². The van der Waals surface area contributed by atoms with E-state index in [0.29, 0.717) is 17.8 Å². The van der Waals surface area contributed by atoms with Crippen LogP contribution in [0.5, 0.6) is 0 Å². The van der Waals surface area contributed by atoms with Crippen LogP contribution in [0.15, 0.2) is 12.3 Å². The molecule has 2 aliphatic heterocycles. The van der Waals surface area contributed by atoms with Crippen molar-refractivity contribution >= 4 is 11.7 Å². The molecular formula is C9H12N4O. The van der Waals surface area contributed by atoms with Crippen LogP contribution in [0.1, 0.15) is 6.42 Å². The smallest absolute Gasteiger partial charge is 0.230 e. The number of anilines is 1. The van der Waals surface area contributed by atoms with E-state index in [4.69, 9.17) is 0 Å². The van der Waals surface area contributed by atoms with Gasteiger partial charge in [0, 0.05) is 12.1 Å². The number of rotatable bonds is 2. The topological polar surface area (TPSA) is 69.8 Å². The van der Waals surface area contributed by atoms with Crippen molar-refractivity contribution in [1.29, 1.82) is 0 Å². The fourth-order valence-electron chi connectivity index (χ4n) is 2.41. The quantitative estimate of drug-likeness (QED) is 0.615. The second-order valence-corrected chi connectivity index (χ2v) is 4.00. The largest absolute Gasteiger partial charge is 0.313 e. The minimum Gasteiger partial charge on any atom is -0.313 e. The molecule has 2 bridgehead atoms. The van der Waals surface area contributed by atoms with Gasteiger partial charge in [-0.2, -0.15) is 5.10 Å². The highest BCUT2D eigenvalue weighted by Crippen LogP contribution is 2.40. The lowest BCUT2D eigenvalue weighted by atomic mass is 9.73. The average molecular weight is 192 g/mol. The summed E-state index contributed by atoms with van der Waals surface area (Å²) in [4.78, 5) is 11.8. The summed E-state index contributed by atoms with van der Waals surface area (Å²) in [6.07, 6.45) is 2.78. The predicted octanol–water partition coefficient (Wildman–Crippen LogP) is -0.0439. The molecule has 0 spiro atoms. The van der Waals surface area contributed by atoms with E-state index < -0.39 is 0 Å². The normalized spacial score (nSPS) is 33.9. The Bertz CT molecular complexity index is 334. The lowest BCUT2D eigenvalue weighted by molar-refractivity contribution is -0.123. The third-order valence-corrected chi connectivity index (χ3v) is 3.20. The predicted molar refractivity (Wildman–Crippen MR) is 50.6 cm³/mol. The van der Waals surface area contributed by atoms with Gasteiger partial charge in [-0.3, -0.25) is 9.89 Å². The van der Waals surface area contributed by atoms with Gasteiger partial charge in [0.15, 0.2) is 0 Å². The number of hydrogen-bond acceptors (Lipinski definition) is 3. The van der Waals surface area contributed by atoms with Crippen molar-refractivity contribution < 1.29 is 4.79 Å². The Balaban J connectivity index is 1.67. The molecule has 1 aromatic rings. The van der Waals surface area contributed by atoms with Crippen molar-refractivity contribution in [3.8, 4) is 0 Å². The highest BCUT2D eigenvalue weighted by molar-refractivity contribution is 5.93. The average Bonchev–Trinajstić information content (AvgIpc) is 2.77. The molecule has 1 aromatic heterocycles. The van der Waals surface area contributed by atoms with E-state index in [9.17, 15) is 4.79 Å². The van der Waals surface area contributed by atoms with Gasteiger partial charge in [-0.05, 0) is 18.9 Å². The third kappa shape index (κ3) is 1.05. The van der Waals surface area contributed by atoms with Crippen LogP contribution in [0, 0.1) is 11.8 Å². The Hall–Kier alpha value is -1.36. The van der Waals surface area contributed by atoms with Gasteiger partial charge in [-0.15, -0.1) is 0 Å². The zero-order valence-corrected chi connectivity index (χ0v) is 7.66. The highest BCUT2D eigenvalue weighted by atomic mass is 16.2. The van der Waals surface area contributed by atoms with Gasteiger partial charge >= 0.3 is 0 Å². The van der Waals surface area contributed by atoms with Crippen LogP contribution in [0.2, 0.25) is 0 Å². The summed E-state index contributed by atoms with van der Waals surface area (Å²) >= 11 is 0. The first-order valence-electron chi connectivity index (χ1n) is 4.88. The summed E-state index contributed by atoms with van der Waals surface area (Å²) in [6.45, 7) is 0.992. The zero-order valence-electron chi connectivity index (χ0n) is 7.66. The lowest BCUT2D eigenvalue weighted by Gasteiger charge is -2.32. The van der Waals surface area contributed by atoms with E-state index in [1.54, 1.807) is 12.3 Å². The number of carbonyl (C=O) groups excluding carboxylic acids is 1. The van der Waals surface area contributed by atoms with Crippen LogP contribution < -0.4 is 10.6 Å². The summed E-state index contributed by atoms with van der Waals surface area (Å²) in [7, 11) is 0. The minimum atomic E-state index is 0.112. The first kappa shape index (κ1) is 7.99. The molecule has 4 rings (SSSR count). The molecule has 2 saturated heterocycles. The van der Waals surface area contributed by atoms with Crippen LogP contribution in [-0.2, 0) is 4.79 Å². The Morgan fingerprint density at radius 3 is 3.14 bits per heavy atom. The lowest BCUT2D eigenvalue weighted by Crippen LogP contribution is -2.44. The second-order valence-electron chi connectivity index (χ2n) is 4.00. The van der Waals surface area contributed by atoms with Gasteiger partial charge in [0.25, 0.3) is 0 Å². The van der Waals surface area contributed by atoms with Gasteiger partial charge in [-0.25, -0.2) is 0 Å². The maximum absolute atomic E-state index is 11.8. The number of carbonyl (C=O) groups is 1. The molecule has 5 heteroatoms. The minimum absolute atomic E-state index is 0.112. The number of hydrogen-bond donors (Lipinski definition) is 3. The summed E-state index contributed by atoms with van der Waals surface area (Å²) in [6, 6.07) is 2.16. The molecule has 3 unspecified atom stereocenters. The molecule has 3 N–H and O–H groups in total. The van der Waals surface area contributed by atoms with Gasteiger partial charge in [-0.1, -0.05) is 0 Å². The summed E-state index contributed by atoms with van der Waals surface area (Å²) in [5.41, 5.74) is 0. The van der Waals surface area contributed by atoms with Crippen molar-refractivity contribution in [3.05, 3.63) is 12.3 Å². The third-order valence-electron chi connectivity index (χ3n) is 3.20. The van der Waals surface area contributed by atoms with Crippen molar-refractivity contribution in [3.63, 3.8) is 0 Å².